The van der Waals surface area contributed by atoms with Gasteiger partial charge in [-0.2, -0.15) is 0 Å². The standard InChI is InChI=1S/C12H22N2O/c1-10(13)4-3-9(7-10)15-12-6-5-11(2,8-12)14-12/h9,14H,3-8,13H2,1-2H3. The number of nitrogens with one attached hydrogen (secondary N) is 1. The molecule has 4 fully saturated rings. The molecule has 4 atom stereocenters. The monoisotopic (exact) mass is 210 g/mol. The van der Waals surface area contributed by atoms with E-state index in [9.17, 15) is 0 Å². The van der Waals surface area contributed by atoms with E-state index in [4.69, 9.17) is 10.5 Å². The number of nitrogens with two attached hydrogens (primary N) is 1. The van der Waals surface area contributed by atoms with E-state index in [0.29, 0.717) is 11.6 Å². The minimum Gasteiger partial charge on any atom is -0.357 e. The molecule has 3 nitrogen and oxygen atoms in total. The predicted molar refractivity (Wildman–Crippen MR) is 59.4 cm³/mol. The Hall–Kier alpha value is -0.120. The smallest absolute Gasteiger partial charge is 0.121 e. The van der Waals surface area contributed by atoms with E-state index in [1.807, 2.05) is 0 Å². The molecule has 2 aliphatic heterocycles. The Morgan fingerprint density at radius 1 is 1.27 bits per heavy atom. The Morgan fingerprint density at radius 3 is 2.47 bits per heavy atom. The fraction of sp³-hybridized carbons (Fsp3) is 1.00. The Bertz CT molecular complexity index is 281. The second kappa shape index (κ2) is 2.76. The second-order valence-electron chi connectivity index (χ2n) is 6.49. The zero-order valence-corrected chi connectivity index (χ0v) is 9.81. The van der Waals surface area contributed by atoms with Crippen molar-refractivity contribution in [2.75, 3.05) is 0 Å². The molecular weight excluding hydrogens is 188 g/mol. The van der Waals surface area contributed by atoms with Gasteiger partial charge in [0, 0.05) is 17.5 Å². The van der Waals surface area contributed by atoms with Crippen molar-refractivity contribution in [1.29, 1.82) is 0 Å². The number of hydrogen-bond donors (Lipinski definition) is 2. The minimum absolute atomic E-state index is 0.00691. The van der Waals surface area contributed by atoms with Gasteiger partial charge in [0.25, 0.3) is 0 Å². The van der Waals surface area contributed by atoms with Gasteiger partial charge < -0.3 is 10.5 Å². The van der Waals surface area contributed by atoms with E-state index in [1.54, 1.807) is 0 Å². The molecule has 86 valence electrons. The van der Waals surface area contributed by atoms with Crippen molar-refractivity contribution in [3.8, 4) is 0 Å². The van der Waals surface area contributed by atoms with Crippen molar-refractivity contribution in [3.63, 3.8) is 0 Å². The third-order valence-electron chi connectivity index (χ3n) is 4.41. The zero-order chi connectivity index (χ0) is 10.7. The van der Waals surface area contributed by atoms with Crippen molar-refractivity contribution in [2.24, 2.45) is 5.73 Å². The maximum Gasteiger partial charge on any atom is 0.121 e. The lowest BCUT2D eigenvalue weighted by molar-refractivity contribution is -0.157. The van der Waals surface area contributed by atoms with Gasteiger partial charge in [0.05, 0.1) is 6.10 Å². The van der Waals surface area contributed by atoms with Gasteiger partial charge in [-0.15, -0.1) is 0 Å². The van der Waals surface area contributed by atoms with Gasteiger partial charge in [-0.25, -0.2) is 0 Å². The molecule has 2 aliphatic carbocycles. The average molecular weight is 210 g/mol. The fourth-order valence-electron chi connectivity index (χ4n) is 3.71. The first-order chi connectivity index (χ1) is 6.91. The third kappa shape index (κ3) is 1.61. The largest absolute Gasteiger partial charge is 0.357 e. The normalized spacial score (nSPS) is 58.2. The van der Waals surface area contributed by atoms with Gasteiger partial charge in [0.15, 0.2) is 0 Å². The minimum atomic E-state index is 0.00691. The molecule has 15 heavy (non-hydrogen) atoms. The van der Waals surface area contributed by atoms with Crippen LogP contribution in [-0.2, 0) is 4.74 Å². The molecule has 0 spiro atoms. The van der Waals surface area contributed by atoms with Crippen LogP contribution in [-0.4, -0.2) is 22.9 Å². The molecule has 0 aromatic rings. The van der Waals surface area contributed by atoms with E-state index >= 15 is 0 Å². The van der Waals surface area contributed by atoms with Crippen LogP contribution in [0.5, 0.6) is 0 Å². The molecule has 0 radical (unpaired) electrons. The quantitative estimate of drug-likeness (QED) is 0.726. The van der Waals surface area contributed by atoms with Crippen LogP contribution in [0.25, 0.3) is 0 Å². The van der Waals surface area contributed by atoms with Gasteiger partial charge in [-0.05, 0) is 46.0 Å². The topological polar surface area (TPSA) is 47.3 Å². The summed E-state index contributed by atoms with van der Waals surface area (Å²) in [6.45, 7) is 4.43. The molecular formula is C12H22N2O. The lowest BCUT2D eigenvalue weighted by Crippen LogP contribution is -2.65. The van der Waals surface area contributed by atoms with Gasteiger partial charge in [0.1, 0.15) is 5.72 Å². The maximum absolute atomic E-state index is 6.24. The van der Waals surface area contributed by atoms with E-state index in [2.05, 4.69) is 19.2 Å². The lowest BCUT2D eigenvalue weighted by atomic mass is 9.90. The lowest BCUT2D eigenvalue weighted by Gasteiger charge is -2.48. The van der Waals surface area contributed by atoms with Gasteiger partial charge >= 0.3 is 0 Å². The van der Waals surface area contributed by atoms with Gasteiger partial charge in [0.2, 0.25) is 0 Å². The Morgan fingerprint density at radius 2 is 2.00 bits per heavy atom. The number of hydrogen-bond acceptors (Lipinski definition) is 3. The van der Waals surface area contributed by atoms with Gasteiger partial charge in [-0.1, -0.05) is 0 Å². The molecule has 2 saturated heterocycles. The third-order valence-corrected chi connectivity index (χ3v) is 4.41. The van der Waals surface area contributed by atoms with Crippen molar-refractivity contribution < 1.29 is 4.74 Å². The summed E-state index contributed by atoms with van der Waals surface area (Å²) in [4.78, 5) is 0. The maximum atomic E-state index is 6.24. The highest BCUT2D eigenvalue weighted by Gasteiger charge is 2.59. The molecule has 4 aliphatic rings. The van der Waals surface area contributed by atoms with Crippen LogP contribution >= 0.6 is 0 Å². The Balaban J connectivity index is 1.60. The second-order valence-corrected chi connectivity index (χ2v) is 6.49. The molecule has 4 unspecified atom stereocenters. The molecule has 3 N–H and O–H groups in total. The molecule has 2 bridgehead atoms. The van der Waals surface area contributed by atoms with Crippen LogP contribution in [0.3, 0.4) is 0 Å². The summed E-state index contributed by atoms with van der Waals surface area (Å²) in [5, 5.41) is 3.60. The molecule has 2 saturated carbocycles. The molecule has 2 heterocycles. The molecule has 3 heteroatoms. The van der Waals surface area contributed by atoms with E-state index in [-0.39, 0.29) is 11.3 Å². The summed E-state index contributed by atoms with van der Waals surface area (Å²) in [6.07, 6.45) is 7.28. The Labute approximate surface area is 91.7 Å². The molecule has 0 aromatic carbocycles. The molecule has 0 aromatic heterocycles. The van der Waals surface area contributed by atoms with E-state index in [1.165, 1.54) is 19.3 Å². The summed E-state index contributed by atoms with van der Waals surface area (Å²) < 4.78 is 6.24. The van der Waals surface area contributed by atoms with E-state index < -0.39 is 0 Å². The number of ether oxygens (including phenoxy) is 1. The highest BCUT2D eigenvalue weighted by molar-refractivity contribution is 5.14. The average Bonchev–Trinajstić information content (AvgIpc) is 2.63. The van der Waals surface area contributed by atoms with Crippen molar-refractivity contribution in [2.45, 2.75) is 75.3 Å². The summed E-state index contributed by atoms with van der Waals surface area (Å²) in [5.74, 6) is 0. The first-order valence-electron chi connectivity index (χ1n) is 6.17. The predicted octanol–water partition coefficient (Wildman–Crippen LogP) is 1.51. The molecule has 4 rings (SSSR count). The van der Waals surface area contributed by atoms with E-state index in [0.717, 1.165) is 19.3 Å². The van der Waals surface area contributed by atoms with Crippen LogP contribution in [0.2, 0.25) is 0 Å². The zero-order valence-electron chi connectivity index (χ0n) is 9.81. The SMILES string of the molecule is CC1(N)CCC(OC23CCC(C)(C2)N3)C1. The van der Waals surface area contributed by atoms with Crippen LogP contribution in [0.1, 0.15) is 52.4 Å². The Kier molecular flexibility index (Phi) is 1.85. The first-order valence-corrected chi connectivity index (χ1v) is 6.17. The highest BCUT2D eigenvalue weighted by atomic mass is 16.5. The summed E-state index contributed by atoms with van der Waals surface area (Å²) in [6, 6.07) is 0. The summed E-state index contributed by atoms with van der Waals surface area (Å²) in [5.41, 5.74) is 6.54. The summed E-state index contributed by atoms with van der Waals surface area (Å²) >= 11 is 0. The van der Waals surface area contributed by atoms with Crippen molar-refractivity contribution >= 4 is 0 Å². The first kappa shape index (κ1) is 10.1. The van der Waals surface area contributed by atoms with Crippen LogP contribution in [0, 0.1) is 0 Å². The fourth-order valence-corrected chi connectivity index (χ4v) is 3.71. The van der Waals surface area contributed by atoms with Crippen molar-refractivity contribution in [1.82, 2.24) is 5.32 Å². The number of rotatable bonds is 2. The van der Waals surface area contributed by atoms with Gasteiger partial charge in [-0.3, -0.25) is 5.32 Å². The molecule has 0 amide bonds. The van der Waals surface area contributed by atoms with Crippen LogP contribution in [0.15, 0.2) is 0 Å². The summed E-state index contributed by atoms with van der Waals surface area (Å²) in [7, 11) is 0. The highest BCUT2D eigenvalue weighted by Crippen LogP contribution is 2.50. The van der Waals surface area contributed by atoms with Crippen LogP contribution in [0.4, 0.5) is 0 Å². The van der Waals surface area contributed by atoms with Crippen molar-refractivity contribution in [3.05, 3.63) is 0 Å². The van der Waals surface area contributed by atoms with Crippen LogP contribution < -0.4 is 11.1 Å². The number of fused-ring (bicyclic) bond motifs is 1.